The van der Waals surface area contributed by atoms with Gasteiger partial charge in [0.15, 0.2) is 0 Å². The molecular formula is C59H36N2. The molecule has 13 rings (SSSR count). The summed E-state index contributed by atoms with van der Waals surface area (Å²) in [6.07, 6.45) is 0. The van der Waals surface area contributed by atoms with E-state index in [-0.39, 0.29) is 0 Å². The Morgan fingerprint density at radius 2 is 0.705 bits per heavy atom. The van der Waals surface area contributed by atoms with E-state index in [4.69, 9.17) is 4.98 Å². The summed E-state index contributed by atoms with van der Waals surface area (Å²) in [6, 6.07) is 80.0. The van der Waals surface area contributed by atoms with Crippen molar-refractivity contribution in [2.75, 3.05) is 0 Å². The van der Waals surface area contributed by atoms with Crippen LogP contribution in [0.3, 0.4) is 0 Å². The van der Waals surface area contributed by atoms with Crippen molar-refractivity contribution in [3.8, 4) is 39.3 Å². The van der Waals surface area contributed by atoms with Crippen LogP contribution in [0.4, 0.5) is 0 Å². The molecule has 0 spiro atoms. The maximum atomic E-state index is 5.67. The molecule has 13 aromatic rings. The maximum Gasteiger partial charge on any atom is 0.145 e. The lowest BCUT2D eigenvalue weighted by Gasteiger charge is -2.19. The van der Waals surface area contributed by atoms with Gasteiger partial charge < -0.3 is 0 Å². The van der Waals surface area contributed by atoms with Crippen LogP contribution in [0.2, 0.25) is 0 Å². The summed E-state index contributed by atoms with van der Waals surface area (Å²) in [6.45, 7) is 0. The van der Waals surface area contributed by atoms with E-state index in [1.54, 1.807) is 0 Å². The molecule has 0 aliphatic rings. The summed E-state index contributed by atoms with van der Waals surface area (Å²) in [5, 5.41) is 17.1. The highest BCUT2D eigenvalue weighted by atomic mass is 15.1. The monoisotopic (exact) mass is 772 g/mol. The Hall–Kier alpha value is -8.07. The van der Waals surface area contributed by atoms with Crippen molar-refractivity contribution >= 4 is 86.4 Å². The van der Waals surface area contributed by atoms with Gasteiger partial charge in [-0.25, -0.2) is 4.98 Å². The number of rotatable bonds is 4. The van der Waals surface area contributed by atoms with Crippen molar-refractivity contribution in [2.24, 2.45) is 0 Å². The molecule has 0 N–H and O–H groups in total. The first-order valence-electron chi connectivity index (χ1n) is 21.0. The van der Waals surface area contributed by atoms with E-state index in [1.807, 2.05) is 0 Å². The van der Waals surface area contributed by atoms with E-state index in [2.05, 4.69) is 223 Å². The highest BCUT2D eigenvalue weighted by Crippen LogP contribution is 2.45. The predicted molar refractivity (Wildman–Crippen MR) is 260 cm³/mol. The van der Waals surface area contributed by atoms with Crippen molar-refractivity contribution in [1.82, 2.24) is 9.55 Å². The van der Waals surface area contributed by atoms with Crippen LogP contribution in [-0.2, 0) is 0 Å². The number of hydrogen-bond acceptors (Lipinski definition) is 1. The zero-order valence-corrected chi connectivity index (χ0v) is 33.2. The van der Waals surface area contributed by atoms with Gasteiger partial charge in [-0.15, -0.1) is 0 Å². The Morgan fingerprint density at radius 3 is 1.26 bits per heavy atom. The standard InChI is InChI=1S/C59H36N2/c1-5-19-43-39(15-1)35-40-16-2-6-20-44(40)55(43)37-29-31-38(32-30-37)59-60-57-52-27-13-10-23-47(52)48-24-11-14-28-53(48)58(57)61(59)54-34-33-51(49-25-9-12-26-50(49)54)56-45-21-7-3-17-41(45)36-42-18-4-8-22-46(42)56/h1-36H. The Morgan fingerprint density at radius 1 is 0.295 bits per heavy atom. The van der Waals surface area contributed by atoms with Crippen LogP contribution in [0.25, 0.3) is 126 Å². The molecule has 0 aliphatic carbocycles. The van der Waals surface area contributed by atoms with E-state index in [0.717, 1.165) is 33.5 Å². The Balaban J connectivity index is 1.11. The molecule has 2 heteroatoms. The van der Waals surface area contributed by atoms with Gasteiger partial charge >= 0.3 is 0 Å². The topological polar surface area (TPSA) is 17.8 Å². The van der Waals surface area contributed by atoms with Crippen LogP contribution in [0.1, 0.15) is 0 Å². The van der Waals surface area contributed by atoms with Gasteiger partial charge in [0.2, 0.25) is 0 Å². The Bertz CT molecular complexity index is 3820. The summed E-state index contributed by atoms with van der Waals surface area (Å²) in [7, 11) is 0. The number of imidazole rings is 1. The lowest BCUT2D eigenvalue weighted by Crippen LogP contribution is -2.00. The van der Waals surface area contributed by atoms with Crippen molar-refractivity contribution < 1.29 is 0 Å². The third kappa shape index (κ3) is 5.06. The van der Waals surface area contributed by atoms with E-state index < -0.39 is 0 Å². The largest absolute Gasteiger partial charge is 0.291 e. The molecule has 1 aromatic heterocycles. The lowest BCUT2D eigenvalue weighted by molar-refractivity contribution is 1.12. The van der Waals surface area contributed by atoms with Gasteiger partial charge in [0.05, 0.1) is 16.7 Å². The molecule has 282 valence electrons. The second kappa shape index (κ2) is 13.2. The van der Waals surface area contributed by atoms with Gasteiger partial charge in [0, 0.05) is 21.7 Å². The quantitative estimate of drug-likeness (QED) is 0.129. The van der Waals surface area contributed by atoms with Crippen LogP contribution < -0.4 is 0 Å². The van der Waals surface area contributed by atoms with Crippen LogP contribution in [0.5, 0.6) is 0 Å². The van der Waals surface area contributed by atoms with Crippen molar-refractivity contribution in [3.05, 3.63) is 218 Å². The fraction of sp³-hybridized carbons (Fsp3) is 0. The molecule has 0 amide bonds. The second-order valence-corrected chi connectivity index (χ2v) is 16.2. The highest BCUT2D eigenvalue weighted by molar-refractivity contribution is 6.25. The molecule has 12 aromatic carbocycles. The number of aromatic nitrogens is 2. The maximum absolute atomic E-state index is 5.67. The van der Waals surface area contributed by atoms with Crippen LogP contribution >= 0.6 is 0 Å². The SMILES string of the molecule is c1ccc2c(-c3ccc(-c4nc5c6ccccc6c6ccccc6c5n4-c4ccc(-c5c6ccccc6cc6ccccc56)c5ccccc45)cc3)c3ccccc3cc2c1. The second-order valence-electron chi connectivity index (χ2n) is 16.2. The molecule has 0 bridgehead atoms. The summed E-state index contributed by atoms with van der Waals surface area (Å²) >= 11 is 0. The first-order chi connectivity index (χ1) is 30.3. The van der Waals surface area contributed by atoms with Crippen molar-refractivity contribution in [3.63, 3.8) is 0 Å². The van der Waals surface area contributed by atoms with Crippen LogP contribution in [0, 0.1) is 0 Å². The fourth-order valence-electron chi connectivity index (χ4n) is 10.2. The molecule has 1 heterocycles. The molecule has 61 heavy (non-hydrogen) atoms. The van der Waals surface area contributed by atoms with E-state index >= 15 is 0 Å². The van der Waals surface area contributed by atoms with Crippen molar-refractivity contribution in [2.45, 2.75) is 0 Å². The third-order valence-electron chi connectivity index (χ3n) is 12.9. The molecule has 0 atom stereocenters. The fourth-order valence-corrected chi connectivity index (χ4v) is 10.2. The summed E-state index contributed by atoms with van der Waals surface area (Å²) in [5.74, 6) is 0.916. The van der Waals surface area contributed by atoms with Gasteiger partial charge in [0.1, 0.15) is 5.82 Å². The molecule has 2 nitrogen and oxygen atoms in total. The zero-order chi connectivity index (χ0) is 40.0. The molecule has 0 saturated heterocycles. The average molecular weight is 773 g/mol. The van der Waals surface area contributed by atoms with E-state index in [1.165, 1.54) is 92.3 Å². The third-order valence-corrected chi connectivity index (χ3v) is 12.9. The minimum atomic E-state index is 0.916. The number of hydrogen-bond donors (Lipinski definition) is 0. The summed E-state index contributed by atoms with van der Waals surface area (Å²) in [4.78, 5) is 5.67. The average Bonchev–Trinajstić information content (AvgIpc) is 3.73. The first kappa shape index (κ1) is 33.9. The minimum absolute atomic E-state index is 0.916. The van der Waals surface area contributed by atoms with Gasteiger partial charge in [0.25, 0.3) is 0 Å². The molecule has 0 aliphatic heterocycles. The molecule has 0 fully saturated rings. The van der Waals surface area contributed by atoms with Gasteiger partial charge in [-0.1, -0.05) is 200 Å². The summed E-state index contributed by atoms with van der Waals surface area (Å²) in [5.41, 5.74) is 9.21. The van der Waals surface area contributed by atoms with E-state index in [9.17, 15) is 0 Å². The zero-order valence-electron chi connectivity index (χ0n) is 33.2. The van der Waals surface area contributed by atoms with Gasteiger partial charge in [-0.05, 0) is 99.7 Å². The molecule has 0 radical (unpaired) electrons. The van der Waals surface area contributed by atoms with Gasteiger partial charge in [-0.2, -0.15) is 0 Å². The Labute approximate surface area is 352 Å². The van der Waals surface area contributed by atoms with Crippen LogP contribution in [0.15, 0.2) is 218 Å². The van der Waals surface area contributed by atoms with Gasteiger partial charge in [-0.3, -0.25) is 4.57 Å². The molecule has 0 unspecified atom stereocenters. The first-order valence-corrected chi connectivity index (χ1v) is 21.0. The Kier molecular flexibility index (Phi) is 7.34. The lowest BCUT2D eigenvalue weighted by atomic mass is 9.89. The number of benzene rings is 12. The van der Waals surface area contributed by atoms with Crippen molar-refractivity contribution in [1.29, 1.82) is 0 Å². The smallest absolute Gasteiger partial charge is 0.145 e. The molecular weight excluding hydrogens is 737 g/mol. The number of nitrogens with zero attached hydrogens (tertiary/aromatic N) is 2. The van der Waals surface area contributed by atoms with Crippen LogP contribution in [-0.4, -0.2) is 9.55 Å². The summed E-state index contributed by atoms with van der Waals surface area (Å²) < 4.78 is 2.44. The molecule has 0 saturated carbocycles. The normalized spacial score (nSPS) is 11.9. The van der Waals surface area contributed by atoms with E-state index in [0.29, 0.717) is 0 Å². The minimum Gasteiger partial charge on any atom is -0.291 e. The number of fused-ring (bicyclic) bond motifs is 11. The predicted octanol–water partition coefficient (Wildman–Crippen LogP) is 16.1. The highest BCUT2D eigenvalue weighted by Gasteiger charge is 2.23.